The van der Waals surface area contributed by atoms with Crippen LogP contribution in [0, 0.1) is 5.92 Å². The Morgan fingerprint density at radius 1 is 1.53 bits per heavy atom. The van der Waals surface area contributed by atoms with Gasteiger partial charge in [-0.05, 0) is 36.8 Å². The zero-order valence-corrected chi connectivity index (χ0v) is 11.2. The van der Waals surface area contributed by atoms with Gasteiger partial charge in [-0.15, -0.1) is 0 Å². The Labute approximate surface area is 109 Å². The molecule has 2 unspecified atom stereocenters. The van der Waals surface area contributed by atoms with Crippen molar-refractivity contribution in [3.8, 4) is 0 Å². The summed E-state index contributed by atoms with van der Waals surface area (Å²) in [6, 6.07) is 2.00. The molecule has 1 aliphatic rings. The quantitative estimate of drug-likeness (QED) is 0.893. The molecule has 2 rings (SSSR count). The fourth-order valence-electron chi connectivity index (χ4n) is 3.08. The van der Waals surface area contributed by atoms with Crippen LogP contribution in [-0.4, -0.2) is 10.5 Å². The minimum atomic E-state index is -0.0714. The van der Waals surface area contributed by atoms with E-state index in [2.05, 4.69) is 11.9 Å². The number of pyridine rings is 1. The highest BCUT2D eigenvalue weighted by atomic mass is 35.5. The molecule has 2 atom stereocenters. The van der Waals surface area contributed by atoms with Crippen LogP contribution in [0.3, 0.4) is 0 Å². The van der Waals surface area contributed by atoms with Crippen LogP contribution in [0.1, 0.15) is 44.6 Å². The highest BCUT2D eigenvalue weighted by Gasteiger charge is 2.36. The first-order chi connectivity index (χ1) is 8.15. The van der Waals surface area contributed by atoms with Crippen LogP contribution >= 0.6 is 11.6 Å². The molecule has 1 aliphatic carbocycles. The lowest BCUT2D eigenvalue weighted by molar-refractivity contribution is 0.182. The van der Waals surface area contributed by atoms with Gasteiger partial charge in [0.2, 0.25) is 0 Å². The minimum absolute atomic E-state index is 0.0714. The average Bonchev–Trinajstić information content (AvgIpc) is 2.32. The maximum atomic E-state index is 6.64. The molecule has 0 saturated heterocycles. The number of hydrogen-bond acceptors (Lipinski definition) is 2. The standard InChI is InChI=1S/C14H21ClN2/c1-2-12-5-3-4-7-14(12,16)9-11-6-8-17-10-13(11)15/h6,8,10,12H,2-5,7,9,16H2,1H3. The van der Waals surface area contributed by atoms with Gasteiger partial charge in [0.1, 0.15) is 0 Å². The van der Waals surface area contributed by atoms with E-state index in [0.717, 1.165) is 23.4 Å². The van der Waals surface area contributed by atoms with E-state index >= 15 is 0 Å². The Kier molecular flexibility index (Phi) is 4.05. The molecule has 1 fully saturated rings. The molecule has 0 aromatic carbocycles. The number of aromatic nitrogens is 1. The number of nitrogens with zero attached hydrogens (tertiary/aromatic N) is 1. The lowest BCUT2D eigenvalue weighted by Gasteiger charge is -2.41. The van der Waals surface area contributed by atoms with Crippen LogP contribution < -0.4 is 5.73 Å². The molecule has 1 aromatic rings. The molecule has 0 aliphatic heterocycles. The van der Waals surface area contributed by atoms with Crippen LogP contribution in [-0.2, 0) is 6.42 Å². The van der Waals surface area contributed by atoms with Gasteiger partial charge < -0.3 is 5.73 Å². The van der Waals surface area contributed by atoms with Crippen molar-refractivity contribution in [2.45, 2.75) is 51.0 Å². The van der Waals surface area contributed by atoms with Gasteiger partial charge in [-0.2, -0.15) is 0 Å². The van der Waals surface area contributed by atoms with E-state index in [9.17, 15) is 0 Å². The molecule has 0 radical (unpaired) electrons. The molecule has 1 aromatic heterocycles. The van der Waals surface area contributed by atoms with E-state index in [1.54, 1.807) is 12.4 Å². The van der Waals surface area contributed by atoms with Crippen LogP contribution in [0.15, 0.2) is 18.5 Å². The number of hydrogen-bond donors (Lipinski definition) is 1. The van der Waals surface area contributed by atoms with Gasteiger partial charge in [0.25, 0.3) is 0 Å². The number of nitrogens with two attached hydrogens (primary N) is 1. The largest absolute Gasteiger partial charge is 0.325 e. The molecule has 94 valence electrons. The Morgan fingerprint density at radius 3 is 3.06 bits per heavy atom. The molecule has 0 spiro atoms. The molecular formula is C14H21ClN2. The lowest BCUT2D eigenvalue weighted by atomic mass is 9.69. The predicted molar refractivity (Wildman–Crippen MR) is 72.1 cm³/mol. The van der Waals surface area contributed by atoms with Crippen molar-refractivity contribution in [3.63, 3.8) is 0 Å². The molecular weight excluding hydrogens is 232 g/mol. The van der Waals surface area contributed by atoms with Crippen molar-refractivity contribution in [1.29, 1.82) is 0 Å². The van der Waals surface area contributed by atoms with E-state index in [1.165, 1.54) is 25.7 Å². The van der Waals surface area contributed by atoms with Crippen LogP contribution in [0.2, 0.25) is 5.02 Å². The molecule has 1 saturated carbocycles. The normalized spacial score (nSPS) is 29.2. The smallest absolute Gasteiger partial charge is 0.0621 e. The predicted octanol–water partition coefficient (Wildman–Crippen LogP) is 3.58. The van der Waals surface area contributed by atoms with E-state index < -0.39 is 0 Å². The third kappa shape index (κ3) is 2.80. The van der Waals surface area contributed by atoms with Gasteiger partial charge in [-0.25, -0.2) is 0 Å². The van der Waals surface area contributed by atoms with E-state index in [1.807, 2.05) is 6.07 Å². The molecule has 0 amide bonds. The first-order valence-electron chi connectivity index (χ1n) is 6.53. The summed E-state index contributed by atoms with van der Waals surface area (Å²) in [4.78, 5) is 4.03. The number of halogens is 1. The summed E-state index contributed by atoms with van der Waals surface area (Å²) in [6.45, 7) is 2.24. The van der Waals surface area contributed by atoms with Crippen molar-refractivity contribution >= 4 is 11.6 Å². The van der Waals surface area contributed by atoms with Crippen molar-refractivity contribution in [2.24, 2.45) is 11.7 Å². The van der Waals surface area contributed by atoms with Gasteiger partial charge in [0.05, 0.1) is 5.02 Å². The SMILES string of the molecule is CCC1CCCCC1(N)Cc1ccncc1Cl. The zero-order chi connectivity index (χ0) is 12.3. The fourth-order valence-corrected chi connectivity index (χ4v) is 3.27. The topological polar surface area (TPSA) is 38.9 Å². The summed E-state index contributed by atoms with van der Waals surface area (Å²) in [5.41, 5.74) is 7.71. The highest BCUT2D eigenvalue weighted by Crippen LogP contribution is 2.37. The fraction of sp³-hybridized carbons (Fsp3) is 0.643. The Bertz CT molecular complexity index is 380. The van der Waals surface area contributed by atoms with Gasteiger partial charge >= 0.3 is 0 Å². The van der Waals surface area contributed by atoms with E-state index in [0.29, 0.717) is 5.92 Å². The van der Waals surface area contributed by atoms with Crippen LogP contribution in [0.5, 0.6) is 0 Å². The van der Waals surface area contributed by atoms with Crippen molar-refractivity contribution in [2.75, 3.05) is 0 Å². The van der Waals surface area contributed by atoms with Crippen LogP contribution in [0.25, 0.3) is 0 Å². The second kappa shape index (κ2) is 5.36. The summed E-state index contributed by atoms with van der Waals surface area (Å²) < 4.78 is 0. The van der Waals surface area contributed by atoms with E-state index in [-0.39, 0.29) is 5.54 Å². The van der Waals surface area contributed by atoms with Crippen LogP contribution in [0.4, 0.5) is 0 Å². The Balaban J connectivity index is 2.18. The third-order valence-corrected chi connectivity index (χ3v) is 4.47. The van der Waals surface area contributed by atoms with Crippen molar-refractivity contribution in [3.05, 3.63) is 29.0 Å². The average molecular weight is 253 g/mol. The van der Waals surface area contributed by atoms with Crippen molar-refractivity contribution < 1.29 is 0 Å². The molecule has 3 heteroatoms. The second-order valence-electron chi connectivity index (χ2n) is 5.23. The minimum Gasteiger partial charge on any atom is -0.325 e. The molecule has 2 nitrogen and oxygen atoms in total. The summed E-state index contributed by atoms with van der Waals surface area (Å²) >= 11 is 6.18. The van der Waals surface area contributed by atoms with Gasteiger partial charge in [-0.3, -0.25) is 4.98 Å². The Morgan fingerprint density at radius 2 is 2.35 bits per heavy atom. The molecule has 0 bridgehead atoms. The van der Waals surface area contributed by atoms with Crippen molar-refractivity contribution in [1.82, 2.24) is 4.98 Å². The Hall–Kier alpha value is -0.600. The third-order valence-electron chi connectivity index (χ3n) is 4.13. The van der Waals surface area contributed by atoms with E-state index in [4.69, 9.17) is 17.3 Å². The van der Waals surface area contributed by atoms with Gasteiger partial charge in [0.15, 0.2) is 0 Å². The molecule has 2 N–H and O–H groups in total. The van der Waals surface area contributed by atoms with Gasteiger partial charge in [0, 0.05) is 17.9 Å². The lowest BCUT2D eigenvalue weighted by Crippen LogP contribution is -2.50. The maximum absolute atomic E-state index is 6.64. The maximum Gasteiger partial charge on any atom is 0.0621 e. The van der Waals surface area contributed by atoms with Gasteiger partial charge in [-0.1, -0.05) is 37.8 Å². The summed E-state index contributed by atoms with van der Waals surface area (Å²) in [6.07, 6.45) is 10.5. The second-order valence-corrected chi connectivity index (χ2v) is 5.64. The number of rotatable bonds is 3. The first-order valence-corrected chi connectivity index (χ1v) is 6.91. The summed E-state index contributed by atoms with van der Waals surface area (Å²) in [5.74, 6) is 0.625. The molecule has 17 heavy (non-hydrogen) atoms. The first kappa shape index (κ1) is 12.8. The monoisotopic (exact) mass is 252 g/mol. The summed E-state index contributed by atoms with van der Waals surface area (Å²) in [7, 11) is 0. The zero-order valence-electron chi connectivity index (χ0n) is 10.5. The summed E-state index contributed by atoms with van der Waals surface area (Å²) in [5, 5.41) is 0.748. The molecule has 1 heterocycles. The highest BCUT2D eigenvalue weighted by molar-refractivity contribution is 6.31.